The number of benzene rings is 1. The Hall–Kier alpha value is -2.58. The zero-order valence-electron chi connectivity index (χ0n) is 18.4. The first-order valence-electron chi connectivity index (χ1n) is 10.1. The Balaban J connectivity index is 0.00000341. The zero-order chi connectivity index (χ0) is 22.1. The van der Waals surface area contributed by atoms with Gasteiger partial charge in [0.05, 0.1) is 12.9 Å². The van der Waals surface area contributed by atoms with Crippen molar-refractivity contribution in [2.75, 3.05) is 13.2 Å². The van der Waals surface area contributed by atoms with Gasteiger partial charge in [0.1, 0.15) is 28.8 Å². The maximum Gasteiger partial charge on any atom is 0.318 e. The van der Waals surface area contributed by atoms with E-state index >= 15 is 0 Å². The molecule has 7 nitrogen and oxygen atoms in total. The van der Waals surface area contributed by atoms with Gasteiger partial charge in [-0.05, 0) is 50.5 Å². The van der Waals surface area contributed by atoms with Crippen LogP contribution >= 0.6 is 12.4 Å². The molecule has 0 aliphatic heterocycles. The molecule has 2 N–H and O–H groups in total. The van der Waals surface area contributed by atoms with Crippen LogP contribution in [0.1, 0.15) is 46.2 Å². The van der Waals surface area contributed by atoms with Crippen LogP contribution in [0.25, 0.3) is 22.4 Å². The monoisotopic (exact) mass is 449 g/mol. The molecule has 0 amide bonds. The number of carbonyl (C=O) groups excluding carboxylic acids is 1. The smallest absolute Gasteiger partial charge is 0.318 e. The van der Waals surface area contributed by atoms with Crippen LogP contribution in [0.4, 0.5) is 4.39 Å². The Morgan fingerprint density at radius 2 is 1.90 bits per heavy atom. The minimum Gasteiger partial charge on any atom is -0.465 e. The Labute approximate surface area is 187 Å². The molecular weight excluding hydrogens is 421 g/mol. The van der Waals surface area contributed by atoms with Crippen LogP contribution in [0.2, 0.25) is 0 Å². The van der Waals surface area contributed by atoms with Crippen LogP contribution in [-0.4, -0.2) is 38.6 Å². The van der Waals surface area contributed by atoms with E-state index in [1.165, 1.54) is 18.5 Å². The van der Waals surface area contributed by atoms with Gasteiger partial charge in [-0.15, -0.1) is 12.4 Å². The van der Waals surface area contributed by atoms with Crippen LogP contribution < -0.4 is 5.73 Å². The molecule has 1 atom stereocenters. The van der Waals surface area contributed by atoms with Crippen LogP contribution in [0.15, 0.2) is 30.9 Å². The van der Waals surface area contributed by atoms with Gasteiger partial charge in [0.25, 0.3) is 0 Å². The standard InChI is InChI=1S/C22H28FN5O2.ClH/c1-6-30-21(29)22(10-24,13(2)3)16-7-15(8-17(23)9-16)18-19-20(26-11-25-18)28(12-27-19)14(4)5;/h7-9,11-14H,6,10,24H2,1-5H3;1H. The summed E-state index contributed by atoms with van der Waals surface area (Å²) in [4.78, 5) is 26.1. The minimum absolute atomic E-state index is 0. The highest BCUT2D eigenvalue weighted by molar-refractivity contribution is 5.89. The van der Waals surface area contributed by atoms with Crippen LogP contribution in [0.5, 0.6) is 0 Å². The second-order valence-electron chi connectivity index (χ2n) is 7.92. The number of hydrogen-bond acceptors (Lipinski definition) is 6. The number of nitrogens with two attached hydrogens (primary N) is 1. The molecule has 0 saturated heterocycles. The van der Waals surface area contributed by atoms with E-state index in [9.17, 15) is 9.18 Å². The summed E-state index contributed by atoms with van der Waals surface area (Å²) in [6.07, 6.45) is 3.14. The summed E-state index contributed by atoms with van der Waals surface area (Å²) < 4.78 is 22.0. The zero-order valence-corrected chi connectivity index (χ0v) is 19.2. The highest BCUT2D eigenvalue weighted by atomic mass is 35.5. The summed E-state index contributed by atoms with van der Waals surface area (Å²) in [5, 5.41) is 0. The van der Waals surface area contributed by atoms with Gasteiger partial charge in [-0.1, -0.05) is 13.8 Å². The maximum atomic E-state index is 14.8. The normalized spacial score (nSPS) is 13.3. The molecule has 3 rings (SSSR count). The lowest BCUT2D eigenvalue weighted by atomic mass is 9.71. The van der Waals surface area contributed by atoms with Crippen molar-refractivity contribution in [3.63, 3.8) is 0 Å². The molecular formula is C22H29ClFN5O2. The lowest BCUT2D eigenvalue weighted by Gasteiger charge is -2.34. The molecule has 1 aromatic carbocycles. The molecule has 31 heavy (non-hydrogen) atoms. The van der Waals surface area contributed by atoms with Crippen molar-refractivity contribution in [2.24, 2.45) is 11.7 Å². The Morgan fingerprint density at radius 1 is 1.19 bits per heavy atom. The second kappa shape index (κ2) is 9.70. The van der Waals surface area contributed by atoms with Gasteiger partial charge >= 0.3 is 5.97 Å². The maximum absolute atomic E-state index is 14.8. The Bertz CT molecular complexity index is 1070. The lowest BCUT2D eigenvalue weighted by Crippen LogP contribution is -2.48. The van der Waals surface area contributed by atoms with Crippen molar-refractivity contribution >= 4 is 29.5 Å². The molecule has 1 unspecified atom stereocenters. The highest BCUT2D eigenvalue weighted by Crippen LogP contribution is 2.36. The van der Waals surface area contributed by atoms with Crippen LogP contribution in [0.3, 0.4) is 0 Å². The molecule has 0 saturated carbocycles. The van der Waals surface area contributed by atoms with Gasteiger partial charge in [-0.25, -0.2) is 19.3 Å². The van der Waals surface area contributed by atoms with Gasteiger partial charge in [0.2, 0.25) is 0 Å². The molecule has 0 radical (unpaired) electrons. The molecule has 0 aliphatic carbocycles. The number of halogens is 2. The summed E-state index contributed by atoms with van der Waals surface area (Å²) in [5.41, 5.74) is 7.61. The molecule has 3 aromatic rings. The molecule has 9 heteroatoms. The third-order valence-electron chi connectivity index (χ3n) is 5.55. The van der Waals surface area contributed by atoms with Gasteiger partial charge in [-0.3, -0.25) is 4.79 Å². The van der Waals surface area contributed by atoms with Gasteiger partial charge in [-0.2, -0.15) is 0 Å². The summed E-state index contributed by atoms with van der Waals surface area (Å²) in [7, 11) is 0. The van der Waals surface area contributed by atoms with Crippen molar-refractivity contribution in [3.05, 3.63) is 42.2 Å². The van der Waals surface area contributed by atoms with Gasteiger partial charge < -0.3 is 15.0 Å². The fraction of sp³-hybridized carbons (Fsp3) is 0.455. The van der Waals surface area contributed by atoms with E-state index in [-0.39, 0.29) is 37.5 Å². The van der Waals surface area contributed by atoms with Crippen LogP contribution in [-0.2, 0) is 14.9 Å². The molecule has 0 fully saturated rings. The number of hydrogen-bond donors (Lipinski definition) is 1. The van der Waals surface area contributed by atoms with E-state index in [0.29, 0.717) is 28.0 Å². The van der Waals surface area contributed by atoms with Crippen molar-refractivity contribution < 1.29 is 13.9 Å². The van der Waals surface area contributed by atoms with E-state index in [0.717, 1.165) is 0 Å². The van der Waals surface area contributed by atoms with E-state index in [1.54, 1.807) is 19.3 Å². The fourth-order valence-corrected chi connectivity index (χ4v) is 3.81. The van der Waals surface area contributed by atoms with E-state index < -0.39 is 17.2 Å². The second-order valence-corrected chi connectivity index (χ2v) is 7.92. The molecule has 2 heterocycles. The number of aromatic nitrogens is 4. The van der Waals surface area contributed by atoms with Crippen LogP contribution in [0, 0.1) is 11.7 Å². The van der Waals surface area contributed by atoms with Crippen molar-refractivity contribution in [2.45, 2.75) is 46.1 Å². The number of rotatable bonds is 7. The fourth-order valence-electron chi connectivity index (χ4n) is 3.81. The third kappa shape index (κ3) is 4.27. The number of imidazole rings is 1. The number of esters is 1. The summed E-state index contributed by atoms with van der Waals surface area (Å²) in [6.45, 7) is 9.76. The predicted octanol–water partition coefficient (Wildman–Crippen LogP) is 4.05. The molecule has 0 aliphatic rings. The van der Waals surface area contributed by atoms with Crippen molar-refractivity contribution in [1.29, 1.82) is 0 Å². The summed E-state index contributed by atoms with van der Waals surface area (Å²) in [5.74, 6) is -1.15. The van der Waals surface area contributed by atoms with Crippen molar-refractivity contribution in [3.8, 4) is 11.3 Å². The lowest BCUT2D eigenvalue weighted by molar-refractivity contribution is -0.151. The number of nitrogens with zero attached hydrogens (tertiary/aromatic N) is 4. The largest absolute Gasteiger partial charge is 0.465 e. The Morgan fingerprint density at radius 3 is 2.48 bits per heavy atom. The topological polar surface area (TPSA) is 95.9 Å². The quantitative estimate of drug-likeness (QED) is 0.546. The van der Waals surface area contributed by atoms with E-state index in [1.807, 2.05) is 32.3 Å². The summed E-state index contributed by atoms with van der Waals surface area (Å²) in [6, 6.07) is 4.64. The minimum atomic E-state index is -1.17. The van der Waals surface area contributed by atoms with Gasteiger partial charge in [0, 0.05) is 18.2 Å². The Kier molecular flexibility index (Phi) is 7.72. The number of carbonyl (C=O) groups is 1. The average Bonchev–Trinajstić information content (AvgIpc) is 3.13. The highest BCUT2D eigenvalue weighted by Gasteiger charge is 2.44. The molecule has 0 spiro atoms. The van der Waals surface area contributed by atoms with E-state index in [2.05, 4.69) is 15.0 Å². The number of ether oxygens (including phenoxy) is 1. The first-order chi connectivity index (χ1) is 14.3. The summed E-state index contributed by atoms with van der Waals surface area (Å²) >= 11 is 0. The molecule has 0 bridgehead atoms. The number of fused-ring (bicyclic) bond motifs is 1. The van der Waals surface area contributed by atoms with Crippen molar-refractivity contribution in [1.82, 2.24) is 19.5 Å². The SMILES string of the molecule is CCOC(=O)C(CN)(c1cc(F)cc(-c2ncnc3c2ncn3C(C)C)c1)C(C)C.Cl. The van der Waals surface area contributed by atoms with E-state index in [4.69, 9.17) is 10.5 Å². The average molecular weight is 450 g/mol. The third-order valence-corrected chi connectivity index (χ3v) is 5.55. The molecule has 168 valence electrons. The predicted molar refractivity (Wildman–Crippen MR) is 121 cm³/mol. The first kappa shape index (κ1) is 24.7. The molecule has 2 aromatic heterocycles. The van der Waals surface area contributed by atoms with Gasteiger partial charge in [0.15, 0.2) is 5.65 Å². The first-order valence-corrected chi connectivity index (χ1v) is 10.1.